The SMILES string of the molecule is Cc1ccc(C)c(OCCNCc2cc(Br)cs2)c1C. The van der Waals surface area contributed by atoms with E-state index < -0.39 is 0 Å². The number of hydrogen-bond acceptors (Lipinski definition) is 3. The molecule has 0 atom stereocenters. The predicted octanol–water partition coefficient (Wildman–Crippen LogP) is 4.60. The van der Waals surface area contributed by atoms with Crippen molar-refractivity contribution in [2.75, 3.05) is 13.2 Å². The van der Waals surface area contributed by atoms with Crippen molar-refractivity contribution in [3.05, 3.63) is 49.6 Å². The number of nitrogens with one attached hydrogen (secondary N) is 1. The molecule has 0 unspecified atom stereocenters. The molecule has 0 aliphatic heterocycles. The monoisotopic (exact) mass is 353 g/mol. The minimum Gasteiger partial charge on any atom is -0.492 e. The van der Waals surface area contributed by atoms with Crippen LogP contribution in [0.1, 0.15) is 21.6 Å². The van der Waals surface area contributed by atoms with Crippen molar-refractivity contribution in [3.63, 3.8) is 0 Å². The molecule has 0 spiro atoms. The van der Waals surface area contributed by atoms with E-state index in [0.717, 1.165) is 23.3 Å². The largest absolute Gasteiger partial charge is 0.492 e. The number of ether oxygens (including phenoxy) is 1. The van der Waals surface area contributed by atoms with Gasteiger partial charge in [0.2, 0.25) is 0 Å². The van der Waals surface area contributed by atoms with Crippen LogP contribution in [0.15, 0.2) is 28.1 Å². The maximum atomic E-state index is 5.92. The van der Waals surface area contributed by atoms with Gasteiger partial charge in [-0.2, -0.15) is 0 Å². The summed E-state index contributed by atoms with van der Waals surface area (Å²) in [6.45, 7) is 8.77. The first-order valence-electron chi connectivity index (χ1n) is 6.71. The molecule has 0 saturated heterocycles. The molecule has 0 aliphatic rings. The molecule has 0 amide bonds. The summed E-state index contributed by atoms with van der Waals surface area (Å²) >= 11 is 5.23. The molecule has 20 heavy (non-hydrogen) atoms. The molecule has 4 heteroatoms. The topological polar surface area (TPSA) is 21.3 Å². The van der Waals surface area contributed by atoms with Crippen molar-refractivity contribution in [3.8, 4) is 5.75 Å². The van der Waals surface area contributed by atoms with Crippen LogP contribution in [-0.2, 0) is 6.54 Å². The quantitative estimate of drug-likeness (QED) is 0.766. The Bertz CT molecular complexity index is 580. The molecule has 0 radical (unpaired) electrons. The summed E-state index contributed by atoms with van der Waals surface area (Å²) in [6.07, 6.45) is 0. The molecule has 0 saturated carbocycles. The molecule has 2 aromatic rings. The summed E-state index contributed by atoms with van der Waals surface area (Å²) in [5, 5.41) is 5.51. The fourth-order valence-electron chi connectivity index (χ4n) is 2.03. The van der Waals surface area contributed by atoms with E-state index >= 15 is 0 Å². The lowest BCUT2D eigenvalue weighted by molar-refractivity contribution is 0.309. The number of rotatable bonds is 6. The fourth-order valence-corrected chi connectivity index (χ4v) is 3.45. The Morgan fingerprint density at radius 2 is 1.95 bits per heavy atom. The zero-order chi connectivity index (χ0) is 14.5. The fraction of sp³-hybridized carbons (Fsp3) is 0.375. The van der Waals surface area contributed by atoms with Gasteiger partial charge in [0.25, 0.3) is 0 Å². The minimum absolute atomic E-state index is 0.692. The van der Waals surface area contributed by atoms with Crippen molar-refractivity contribution >= 4 is 27.3 Å². The molecule has 1 N–H and O–H groups in total. The van der Waals surface area contributed by atoms with Crippen molar-refractivity contribution in [2.45, 2.75) is 27.3 Å². The van der Waals surface area contributed by atoms with Gasteiger partial charge in [0.05, 0.1) is 0 Å². The van der Waals surface area contributed by atoms with Crippen LogP contribution in [0.3, 0.4) is 0 Å². The highest BCUT2D eigenvalue weighted by Crippen LogP contribution is 2.25. The third-order valence-corrected chi connectivity index (χ3v) is 5.02. The van der Waals surface area contributed by atoms with Crippen LogP contribution in [-0.4, -0.2) is 13.2 Å². The molecule has 0 bridgehead atoms. The lowest BCUT2D eigenvalue weighted by atomic mass is 10.1. The average molecular weight is 354 g/mol. The van der Waals surface area contributed by atoms with E-state index in [1.54, 1.807) is 11.3 Å². The van der Waals surface area contributed by atoms with Crippen LogP contribution >= 0.6 is 27.3 Å². The predicted molar refractivity (Wildman–Crippen MR) is 89.9 cm³/mol. The summed E-state index contributed by atoms with van der Waals surface area (Å²) in [5.41, 5.74) is 3.73. The maximum Gasteiger partial charge on any atom is 0.125 e. The summed E-state index contributed by atoms with van der Waals surface area (Å²) in [4.78, 5) is 1.33. The second-order valence-electron chi connectivity index (χ2n) is 4.91. The maximum absolute atomic E-state index is 5.92. The Hall–Kier alpha value is -0.840. The average Bonchev–Trinajstić information content (AvgIpc) is 2.83. The van der Waals surface area contributed by atoms with E-state index in [9.17, 15) is 0 Å². The Morgan fingerprint density at radius 3 is 2.65 bits per heavy atom. The van der Waals surface area contributed by atoms with E-state index in [1.165, 1.54) is 21.6 Å². The Labute approximate surface area is 133 Å². The molecule has 2 nitrogen and oxygen atoms in total. The van der Waals surface area contributed by atoms with Gasteiger partial charge in [-0.05, 0) is 59.5 Å². The van der Waals surface area contributed by atoms with Crippen LogP contribution in [0.2, 0.25) is 0 Å². The highest BCUT2D eigenvalue weighted by molar-refractivity contribution is 9.10. The Kier molecular flexibility index (Phi) is 5.64. The number of thiophene rings is 1. The van der Waals surface area contributed by atoms with Crippen LogP contribution in [0, 0.1) is 20.8 Å². The van der Waals surface area contributed by atoms with Crippen molar-refractivity contribution < 1.29 is 4.74 Å². The molecule has 2 rings (SSSR count). The van der Waals surface area contributed by atoms with Gasteiger partial charge in [0.15, 0.2) is 0 Å². The number of benzene rings is 1. The summed E-state index contributed by atoms with van der Waals surface area (Å²) in [5.74, 6) is 1.03. The highest BCUT2D eigenvalue weighted by atomic mass is 79.9. The standard InChI is InChI=1S/C16H20BrNOS/c1-11-4-5-12(2)16(13(11)3)19-7-6-18-9-15-8-14(17)10-20-15/h4-5,8,10,18H,6-7,9H2,1-3H3. The number of hydrogen-bond donors (Lipinski definition) is 1. The van der Waals surface area contributed by atoms with Crippen molar-refractivity contribution in [2.24, 2.45) is 0 Å². The van der Waals surface area contributed by atoms with Gasteiger partial charge in [-0.1, -0.05) is 12.1 Å². The van der Waals surface area contributed by atoms with Crippen molar-refractivity contribution in [1.29, 1.82) is 0 Å². The first-order chi connectivity index (χ1) is 9.58. The molecule has 1 aromatic heterocycles. The highest BCUT2D eigenvalue weighted by Gasteiger charge is 2.06. The van der Waals surface area contributed by atoms with E-state index in [1.807, 2.05) is 0 Å². The van der Waals surface area contributed by atoms with E-state index in [2.05, 4.69) is 65.6 Å². The van der Waals surface area contributed by atoms with Crippen LogP contribution < -0.4 is 10.1 Å². The van der Waals surface area contributed by atoms with Crippen LogP contribution in [0.5, 0.6) is 5.75 Å². The summed E-state index contributed by atoms with van der Waals surface area (Å²) in [6, 6.07) is 6.41. The van der Waals surface area contributed by atoms with Gasteiger partial charge in [0.1, 0.15) is 12.4 Å². The Balaban J connectivity index is 1.77. The van der Waals surface area contributed by atoms with E-state index in [4.69, 9.17) is 4.74 Å². The van der Waals surface area contributed by atoms with Gasteiger partial charge >= 0.3 is 0 Å². The Morgan fingerprint density at radius 1 is 1.20 bits per heavy atom. The van der Waals surface area contributed by atoms with Crippen molar-refractivity contribution in [1.82, 2.24) is 5.32 Å². The van der Waals surface area contributed by atoms with Gasteiger partial charge in [0, 0.05) is 27.8 Å². The molecule has 0 aliphatic carbocycles. The molecule has 1 aromatic carbocycles. The summed E-state index contributed by atoms with van der Waals surface area (Å²) < 4.78 is 7.08. The molecule has 108 valence electrons. The first-order valence-corrected chi connectivity index (χ1v) is 8.38. The van der Waals surface area contributed by atoms with Gasteiger partial charge in [-0.25, -0.2) is 0 Å². The number of aryl methyl sites for hydroxylation is 2. The lowest BCUT2D eigenvalue weighted by Gasteiger charge is -2.14. The smallest absolute Gasteiger partial charge is 0.125 e. The zero-order valence-corrected chi connectivity index (χ0v) is 14.5. The first kappa shape index (κ1) is 15.5. The lowest BCUT2D eigenvalue weighted by Crippen LogP contribution is -2.20. The van der Waals surface area contributed by atoms with Crippen LogP contribution in [0.25, 0.3) is 0 Å². The summed E-state index contributed by atoms with van der Waals surface area (Å²) in [7, 11) is 0. The third-order valence-electron chi connectivity index (χ3n) is 3.32. The molecular weight excluding hydrogens is 334 g/mol. The van der Waals surface area contributed by atoms with E-state index in [0.29, 0.717) is 6.61 Å². The van der Waals surface area contributed by atoms with Gasteiger partial charge in [-0.3, -0.25) is 0 Å². The van der Waals surface area contributed by atoms with E-state index in [-0.39, 0.29) is 0 Å². The van der Waals surface area contributed by atoms with Gasteiger partial charge < -0.3 is 10.1 Å². The zero-order valence-electron chi connectivity index (χ0n) is 12.1. The third kappa shape index (κ3) is 4.08. The second-order valence-corrected chi connectivity index (χ2v) is 6.82. The normalized spacial score (nSPS) is 10.8. The molecule has 1 heterocycles. The number of halogens is 1. The molecular formula is C16H20BrNOS. The second kappa shape index (κ2) is 7.25. The molecule has 0 fully saturated rings. The van der Waals surface area contributed by atoms with Gasteiger partial charge in [-0.15, -0.1) is 11.3 Å². The van der Waals surface area contributed by atoms with Crippen LogP contribution in [0.4, 0.5) is 0 Å². The minimum atomic E-state index is 0.692.